The lowest BCUT2D eigenvalue weighted by Crippen LogP contribution is -2.40. The number of nitrogens with zero attached hydrogens (tertiary/aromatic N) is 1. The van der Waals surface area contributed by atoms with E-state index in [4.69, 9.17) is 11.6 Å². The second-order valence-electron chi connectivity index (χ2n) is 6.67. The lowest BCUT2D eigenvalue weighted by atomic mass is 9.76. The molecule has 0 aliphatic rings. The Morgan fingerprint density at radius 3 is 2.25 bits per heavy atom. The summed E-state index contributed by atoms with van der Waals surface area (Å²) in [5.74, 6) is 0.0219. The van der Waals surface area contributed by atoms with Crippen molar-refractivity contribution >= 4 is 17.7 Å². The van der Waals surface area contributed by atoms with Gasteiger partial charge in [-0.15, -0.1) is 0 Å². The first-order valence-corrected chi connectivity index (χ1v) is 8.58. The largest absolute Gasteiger partial charge is 0.380 e. The highest BCUT2D eigenvalue weighted by Gasteiger charge is 2.37. The van der Waals surface area contributed by atoms with Gasteiger partial charge in [0.1, 0.15) is 5.60 Å². The van der Waals surface area contributed by atoms with Gasteiger partial charge in [-0.2, -0.15) is 0 Å². The number of halogens is 1. The lowest BCUT2D eigenvalue weighted by Gasteiger charge is -2.37. The van der Waals surface area contributed by atoms with Gasteiger partial charge in [-0.3, -0.25) is 0 Å². The minimum absolute atomic E-state index is 0.0219. The Labute approximate surface area is 150 Å². The lowest BCUT2D eigenvalue weighted by molar-refractivity contribution is 0.0105. The number of rotatable bonds is 6. The van der Waals surface area contributed by atoms with Gasteiger partial charge in [0.05, 0.1) is 0 Å². The molecule has 2 nitrogen and oxygen atoms in total. The van der Waals surface area contributed by atoms with Crippen molar-refractivity contribution in [2.45, 2.75) is 19.4 Å². The van der Waals surface area contributed by atoms with Gasteiger partial charge in [0.2, 0.25) is 0 Å². The van der Waals surface area contributed by atoms with Gasteiger partial charge < -0.3 is 10.0 Å². The predicted molar refractivity (Wildman–Crippen MR) is 103 cm³/mol. The molecule has 0 amide bonds. The molecule has 0 saturated carbocycles. The SMILES string of the molecule is C/C(=C\c1ccccc1)C(O)(c1ccc(Cl)cc1)C(C)CN(C)C. The van der Waals surface area contributed by atoms with Crippen LogP contribution in [-0.2, 0) is 5.60 Å². The summed E-state index contributed by atoms with van der Waals surface area (Å²) in [7, 11) is 4.05. The fourth-order valence-corrected chi connectivity index (χ4v) is 3.32. The van der Waals surface area contributed by atoms with Crippen molar-refractivity contribution in [1.29, 1.82) is 0 Å². The second-order valence-corrected chi connectivity index (χ2v) is 7.11. The zero-order chi connectivity index (χ0) is 17.7. The monoisotopic (exact) mass is 343 g/mol. The molecule has 128 valence electrons. The van der Waals surface area contributed by atoms with E-state index in [1.165, 1.54) is 0 Å². The summed E-state index contributed by atoms with van der Waals surface area (Å²) < 4.78 is 0. The van der Waals surface area contributed by atoms with Gasteiger partial charge in [-0.05, 0) is 49.9 Å². The van der Waals surface area contributed by atoms with Crippen molar-refractivity contribution in [1.82, 2.24) is 4.90 Å². The summed E-state index contributed by atoms with van der Waals surface area (Å²) in [5, 5.41) is 12.4. The first-order valence-electron chi connectivity index (χ1n) is 8.21. The third-order valence-corrected chi connectivity index (χ3v) is 4.67. The highest BCUT2D eigenvalue weighted by Crippen LogP contribution is 2.38. The van der Waals surface area contributed by atoms with E-state index in [1.807, 2.05) is 75.6 Å². The van der Waals surface area contributed by atoms with Gasteiger partial charge in [0.25, 0.3) is 0 Å². The average molecular weight is 344 g/mol. The van der Waals surface area contributed by atoms with E-state index in [0.717, 1.165) is 23.2 Å². The molecule has 2 unspecified atom stereocenters. The highest BCUT2D eigenvalue weighted by molar-refractivity contribution is 6.30. The Hall–Kier alpha value is -1.61. The molecular weight excluding hydrogens is 318 g/mol. The summed E-state index contributed by atoms with van der Waals surface area (Å²) >= 11 is 6.03. The fourth-order valence-electron chi connectivity index (χ4n) is 3.19. The third-order valence-electron chi connectivity index (χ3n) is 4.42. The Morgan fingerprint density at radius 2 is 1.71 bits per heavy atom. The molecule has 3 heteroatoms. The van der Waals surface area contributed by atoms with Crippen LogP contribution >= 0.6 is 11.6 Å². The summed E-state index contributed by atoms with van der Waals surface area (Å²) in [4.78, 5) is 2.10. The van der Waals surface area contributed by atoms with Crippen LogP contribution in [-0.4, -0.2) is 30.6 Å². The zero-order valence-corrected chi connectivity index (χ0v) is 15.6. The first-order chi connectivity index (χ1) is 11.3. The van der Waals surface area contributed by atoms with Crippen molar-refractivity contribution in [3.05, 3.63) is 76.3 Å². The minimum Gasteiger partial charge on any atom is -0.380 e. The predicted octanol–water partition coefficient (Wildman–Crippen LogP) is 4.83. The standard InChI is InChI=1S/C21H26ClNO/c1-16(14-18-8-6-5-7-9-18)21(24,17(2)15-23(3)4)19-10-12-20(22)13-11-19/h5-14,17,24H,15H2,1-4H3/b16-14+. The molecule has 2 aromatic rings. The Balaban J connectivity index is 2.49. The van der Waals surface area contributed by atoms with Gasteiger partial charge in [0.15, 0.2) is 0 Å². The summed E-state index contributed by atoms with van der Waals surface area (Å²) in [6.45, 7) is 4.85. The summed E-state index contributed by atoms with van der Waals surface area (Å²) in [5.41, 5.74) is 1.82. The molecule has 0 saturated heterocycles. The molecule has 0 radical (unpaired) electrons. The number of hydrogen-bond donors (Lipinski definition) is 1. The molecule has 2 aromatic carbocycles. The minimum atomic E-state index is -1.05. The summed E-state index contributed by atoms with van der Waals surface area (Å²) in [6, 6.07) is 17.6. The van der Waals surface area contributed by atoms with Gasteiger partial charge >= 0.3 is 0 Å². The fraction of sp³-hybridized carbons (Fsp3) is 0.333. The quantitative estimate of drug-likeness (QED) is 0.812. The maximum Gasteiger partial charge on any atom is 0.114 e. The van der Waals surface area contributed by atoms with Crippen molar-refractivity contribution in [2.75, 3.05) is 20.6 Å². The maximum absolute atomic E-state index is 11.7. The smallest absolute Gasteiger partial charge is 0.114 e. The topological polar surface area (TPSA) is 23.5 Å². The number of hydrogen-bond acceptors (Lipinski definition) is 2. The van der Waals surface area contributed by atoms with E-state index in [2.05, 4.69) is 17.9 Å². The van der Waals surface area contributed by atoms with Crippen LogP contribution in [0.2, 0.25) is 5.02 Å². The molecule has 2 atom stereocenters. The van der Waals surface area contributed by atoms with Crippen molar-refractivity contribution in [3.63, 3.8) is 0 Å². The Bertz CT molecular complexity index is 679. The van der Waals surface area contributed by atoms with Crippen molar-refractivity contribution in [2.24, 2.45) is 5.92 Å². The third kappa shape index (κ3) is 4.27. The van der Waals surface area contributed by atoms with Crippen LogP contribution in [0.15, 0.2) is 60.2 Å². The Morgan fingerprint density at radius 1 is 1.12 bits per heavy atom. The Kier molecular flexibility index (Phi) is 6.22. The molecule has 0 fully saturated rings. The number of benzene rings is 2. The van der Waals surface area contributed by atoms with Gasteiger partial charge in [-0.1, -0.05) is 67.1 Å². The van der Waals surface area contributed by atoms with Crippen molar-refractivity contribution < 1.29 is 5.11 Å². The molecular formula is C21H26ClNO. The number of aliphatic hydroxyl groups is 1. The molecule has 0 aromatic heterocycles. The molecule has 24 heavy (non-hydrogen) atoms. The van der Waals surface area contributed by atoms with E-state index in [9.17, 15) is 5.11 Å². The molecule has 0 heterocycles. The van der Waals surface area contributed by atoms with E-state index in [1.54, 1.807) is 0 Å². The molecule has 0 aliphatic carbocycles. The van der Waals surface area contributed by atoms with Crippen molar-refractivity contribution in [3.8, 4) is 0 Å². The molecule has 1 N–H and O–H groups in total. The van der Waals surface area contributed by atoms with Crippen LogP contribution in [0.5, 0.6) is 0 Å². The van der Waals surface area contributed by atoms with Crippen LogP contribution in [0.25, 0.3) is 6.08 Å². The van der Waals surface area contributed by atoms with Crippen LogP contribution < -0.4 is 0 Å². The van der Waals surface area contributed by atoms with E-state index >= 15 is 0 Å². The molecule has 0 aliphatic heterocycles. The first kappa shape index (κ1) is 18.7. The van der Waals surface area contributed by atoms with Crippen LogP contribution in [0.4, 0.5) is 0 Å². The molecule has 0 spiro atoms. The van der Waals surface area contributed by atoms with E-state index in [0.29, 0.717) is 5.02 Å². The van der Waals surface area contributed by atoms with Crippen LogP contribution in [0.1, 0.15) is 25.0 Å². The van der Waals surface area contributed by atoms with Gasteiger partial charge in [-0.25, -0.2) is 0 Å². The normalized spacial score (nSPS) is 16.0. The maximum atomic E-state index is 11.7. The molecule has 2 rings (SSSR count). The average Bonchev–Trinajstić information content (AvgIpc) is 2.55. The second kappa shape index (κ2) is 7.98. The zero-order valence-electron chi connectivity index (χ0n) is 14.8. The summed E-state index contributed by atoms with van der Waals surface area (Å²) in [6.07, 6.45) is 2.06. The van der Waals surface area contributed by atoms with E-state index < -0.39 is 5.60 Å². The van der Waals surface area contributed by atoms with E-state index in [-0.39, 0.29) is 5.92 Å². The van der Waals surface area contributed by atoms with Gasteiger partial charge in [0, 0.05) is 17.5 Å². The molecule has 0 bridgehead atoms. The highest BCUT2D eigenvalue weighted by atomic mass is 35.5. The van der Waals surface area contributed by atoms with Crippen LogP contribution in [0.3, 0.4) is 0 Å². The van der Waals surface area contributed by atoms with Crippen LogP contribution in [0, 0.1) is 5.92 Å².